The van der Waals surface area contributed by atoms with Gasteiger partial charge in [-0.25, -0.2) is 4.98 Å². The third kappa shape index (κ3) is 3.61. The van der Waals surface area contributed by atoms with Crippen LogP contribution in [0.25, 0.3) is 27.9 Å². The summed E-state index contributed by atoms with van der Waals surface area (Å²) in [5, 5.41) is 32.8. The van der Waals surface area contributed by atoms with Crippen molar-refractivity contribution in [2.75, 3.05) is 0 Å². The van der Waals surface area contributed by atoms with Crippen molar-refractivity contribution in [3.8, 4) is 11.3 Å². The second-order valence-electron chi connectivity index (χ2n) is 8.22. The minimum atomic E-state index is -1.62. The third-order valence-corrected chi connectivity index (χ3v) is 7.45. The zero-order valence-electron chi connectivity index (χ0n) is 18.6. The van der Waals surface area contributed by atoms with Gasteiger partial charge in [-0.15, -0.1) is 0 Å². The summed E-state index contributed by atoms with van der Waals surface area (Å²) in [5.41, 5.74) is 1.75. The monoisotopic (exact) mass is 626 g/mol. The molecule has 0 saturated heterocycles. The molecular formula is C24H16ClIN8OS. The Morgan fingerprint density at radius 1 is 1.06 bits per heavy atom. The highest BCUT2D eigenvalue weighted by Gasteiger charge is 2.39. The van der Waals surface area contributed by atoms with Crippen LogP contribution in [-0.2, 0) is 12.6 Å². The second-order valence-corrected chi connectivity index (χ2v) is 10.3. The third-order valence-electron chi connectivity index (χ3n) is 6.13. The maximum absolute atomic E-state index is 12.4. The number of benzene rings is 3. The average molecular weight is 627 g/mol. The number of tetrazole rings is 1. The molecule has 0 aliphatic heterocycles. The Morgan fingerprint density at radius 3 is 2.56 bits per heavy atom. The van der Waals surface area contributed by atoms with E-state index >= 15 is 0 Å². The Bertz CT molecular complexity index is 1830. The molecule has 36 heavy (non-hydrogen) atoms. The lowest BCUT2D eigenvalue weighted by molar-refractivity contribution is 0.112. The number of aliphatic hydroxyl groups is 1. The van der Waals surface area contributed by atoms with Crippen LogP contribution in [0.4, 0.5) is 0 Å². The first-order valence-electron chi connectivity index (χ1n) is 10.7. The van der Waals surface area contributed by atoms with Crippen LogP contribution >= 0.6 is 46.4 Å². The van der Waals surface area contributed by atoms with Crippen molar-refractivity contribution >= 4 is 63.1 Å². The number of aromatic amines is 1. The maximum Gasteiger partial charge on any atom is 0.274 e. The van der Waals surface area contributed by atoms with E-state index in [2.05, 4.69) is 48.3 Å². The Kier molecular flexibility index (Phi) is 5.59. The quantitative estimate of drug-likeness (QED) is 0.216. The summed E-state index contributed by atoms with van der Waals surface area (Å²) in [4.78, 5) is 4.72. The molecule has 3 aromatic heterocycles. The molecule has 12 heteroatoms. The number of aromatic nitrogens is 8. The molecule has 6 aromatic rings. The number of hydrogen-bond acceptors (Lipinski definition) is 7. The Labute approximate surface area is 227 Å². The molecule has 1 unspecified atom stereocenters. The van der Waals surface area contributed by atoms with Gasteiger partial charge < -0.3 is 9.67 Å². The first-order chi connectivity index (χ1) is 17.4. The van der Waals surface area contributed by atoms with Crippen molar-refractivity contribution < 1.29 is 5.11 Å². The number of H-pyrrole nitrogens is 1. The molecule has 3 heterocycles. The van der Waals surface area contributed by atoms with Gasteiger partial charge in [-0.05, 0) is 92.8 Å². The van der Waals surface area contributed by atoms with Gasteiger partial charge in [0.25, 0.3) is 5.78 Å². The van der Waals surface area contributed by atoms with E-state index in [9.17, 15) is 5.11 Å². The summed E-state index contributed by atoms with van der Waals surface area (Å²) >= 11 is 13.9. The lowest BCUT2D eigenvalue weighted by Gasteiger charge is -2.29. The normalized spacial score (nSPS) is 13.3. The van der Waals surface area contributed by atoms with Crippen molar-refractivity contribution in [1.82, 2.24) is 39.8 Å². The molecule has 9 nitrogen and oxygen atoms in total. The number of nitrogens with zero attached hydrogens (tertiary/aromatic N) is 7. The SMILES string of the molecule is Cn1c(C(O)(c2ccc(I)cc2)c2ccc3c(c2)c(-c2cccc(Cl)c2)nc2nnnn23)n[nH]c1=S. The highest BCUT2D eigenvalue weighted by Crippen LogP contribution is 2.39. The number of nitrogens with one attached hydrogen (secondary N) is 1. The van der Waals surface area contributed by atoms with Gasteiger partial charge in [-0.3, -0.25) is 5.10 Å². The highest BCUT2D eigenvalue weighted by molar-refractivity contribution is 14.1. The minimum Gasteiger partial charge on any atom is -0.373 e. The summed E-state index contributed by atoms with van der Waals surface area (Å²) in [6.07, 6.45) is 0. The van der Waals surface area contributed by atoms with Crippen LogP contribution in [0.2, 0.25) is 5.02 Å². The van der Waals surface area contributed by atoms with E-state index in [1.165, 1.54) is 0 Å². The van der Waals surface area contributed by atoms with E-state index in [1.807, 2.05) is 60.7 Å². The fraction of sp³-hybridized carbons (Fsp3) is 0.0833. The smallest absolute Gasteiger partial charge is 0.274 e. The fourth-order valence-corrected chi connectivity index (χ4v) is 5.03. The lowest BCUT2D eigenvalue weighted by Crippen LogP contribution is -2.32. The van der Waals surface area contributed by atoms with Crippen LogP contribution in [0.15, 0.2) is 66.7 Å². The van der Waals surface area contributed by atoms with Gasteiger partial charge in [-0.2, -0.15) is 9.61 Å². The van der Waals surface area contributed by atoms with Gasteiger partial charge in [0.2, 0.25) is 0 Å². The summed E-state index contributed by atoms with van der Waals surface area (Å²) < 4.78 is 4.66. The van der Waals surface area contributed by atoms with Gasteiger partial charge in [0, 0.05) is 26.6 Å². The molecule has 2 N–H and O–H groups in total. The summed E-state index contributed by atoms with van der Waals surface area (Å²) in [7, 11) is 1.77. The first-order valence-corrected chi connectivity index (χ1v) is 12.6. The predicted molar refractivity (Wildman–Crippen MR) is 146 cm³/mol. The molecular weight excluding hydrogens is 611 g/mol. The minimum absolute atomic E-state index is 0.354. The van der Waals surface area contributed by atoms with Crippen LogP contribution in [0.5, 0.6) is 0 Å². The molecule has 0 saturated carbocycles. The Balaban J connectivity index is 1.69. The standard InChI is InChI=1S/C24H16ClIN8OS/c1-33-21(28-30-23(33)36)24(35,14-5-8-17(26)9-6-14)15-7-10-19-18(12-15)20(13-3-2-4-16(25)11-13)27-22-29-31-32-34(19)22/h2-12,35H,1H3,(H,30,36). The number of halogens is 2. The van der Waals surface area contributed by atoms with E-state index in [0.717, 1.165) is 20.0 Å². The van der Waals surface area contributed by atoms with E-state index in [0.29, 0.717) is 38.2 Å². The van der Waals surface area contributed by atoms with Gasteiger partial charge in [0.1, 0.15) is 0 Å². The van der Waals surface area contributed by atoms with Crippen molar-refractivity contribution in [2.45, 2.75) is 5.60 Å². The van der Waals surface area contributed by atoms with Crippen molar-refractivity contribution in [1.29, 1.82) is 0 Å². The summed E-state index contributed by atoms with van der Waals surface area (Å²) in [6, 6.07) is 20.6. The van der Waals surface area contributed by atoms with E-state index in [4.69, 9.17) is 28.8 Å². The van der Waals surface area contributed by atoms with Crippen LogP contribution in [-0.4, -0.2) is 44.9 Å². The largest absolute Gasteiger partial charge is 0.373 e. The number of fused-ring (bicyclic) bond motifs is 3. The topological polar surface area (TPSA) is 110 Å². The molecule has 0 bridgehead atoms. The maximum atomic E-state index is 12.4. The zero-order chi connectivity index (χ0) is 25.0. The van der Waals surface area contributed by atoms with Crippen molar-refractivity contribution in [3.63, 3.8) is 0 Å². The van der Waals surface area contributed by atoms with E-state index in [-0.39, 0.29) is 0 Å². The first kappa shape index (κ1) is 23.2. The zero-order valence-corrected chi connectivity index (χ0v) is 22.3. The summed E-state index contributed by atoms with van der Waals surface area (Å²) in [6.45, 7) is 0. The molecule has 0 fully saturated rings. The van der Waals surface area contributed by atoms with Crippen molar-refractivity contribution in [2.24, 2.45) is 7.05 Å². The van der Waals surface area contributed by atoms with Gasteiger partial charge in [-0.1, -0.05) is 47.0 Å². The molecule has 178 valence electrons. The van der Waals surface area contributed by atoms with Gasteiger partial charge in [0.05, 0.1) is 11.2 Å². The molecule has 3 aromatic carbocycles. The molecule has 0 amide bonds. The highest BCUT2D eigenvalue weighted by atomic mass is 127. The van der Waals surface area contributed by atoms with E-state index < -0.39 is 5.60 Å². The van der Waals surface area contributed by atoms with Crippen LogP contribution < -0.4 is 0 Å². The molecule has 0 aliphatic rings. The van der Waals surface area contributed by atoms with Crippen molar-refractivity contribution in [3.05, 3.63) is 97.0 Å². The molecule has 6 rings (SSSR count). The molecule has 0 radical (unpaired) electrons. The molecule has 0 spiro atoms. The van der Waals surface area contributed by atoms with E-state index in [1.54, 1.807) is 22.2 Å². The summed E-state index contributed by atoms with van der Waals surface area (Å²) in [5.74, 6) is 0.710. The average Bonchev–Trinajstić information content (AvgIpc) is 3.50. The number of hydrogen-bond donors (Lipinski definition) is 2. The van der Waals surface area contributed by atoms with Gasteiger partial charge >= 0.3 is 0 Å². The number of rotatable bonds is 4. The Hall–Kier alpha value is -3.26. The van der Waals surface area contributed by atoms with Crippen LogP contribution in [0.3, 0.4) is 0 Å². The van der Waals surface area contributed by atoms with Gasteiger partial charge in [0.15, 0.2) is 16.2 Å². The van der Waals surface area contributed by atoms with Crippen LogP contribution in [0.1, 0.15) is 17.0 Å². The molecule has 0 aliphatic carbocycles. The fourth-order valence-electron chi connectivity index (χ4n) is 4.35. The second kappa shape index (κ2) is 8.69. The predicted octanol–water partition coefficient (Wildman–Crippen LogP) is 4.67. The molecule has 1 atom stereocenters. The van der Waals surface area contributed by atoms with Crippen LogP contribution in [0, 0.1) is 8.34 Å². The Morgan fingerprint density at radius 2 is 1.83 bits per heavy atom. The lowest BCUT2D eigenvalue weighted by atomic mass is 9.84.